The van der Waals surface area contributed by atoms with E-state index in [2.05, 4.69) is 10.4 Å². The Morgan fingerprint density at radius 2 is 1.94 bits per heavy atom. The van der Waals surface area contributed by atoms with Crippen LogP contribution in [0.5, 0.6) is 0 Å². The molecule has 0 unspecified atom stereocenters. The quantitative estimate of drug-likeness (QED) is 0.325. The number of nitrogens with one attached hydrogen (secondary N) is 1. The van der Waals surface area contributed by atoms with Crippen LogP contribution in [0, 0.1) is 17.0 Å². The maximum Gasteiger partial charge on any atom is 0.271 e. The number of para-hydroxylation sites is 1. The van der Waals surface area contributed by atoms with Crippen molar-refractivity contribution < 1.29 is 9.72 Å². The molecule has 1 fully saturated rings. The van der Waals surface area contributed by atoms with Gasteiger partial charge in [0, 0.05) is 23.7 Å². The van der Waals surface area contributed by atoms with Crippen molar-refractivity contribution >= 4 is 39.9 Å². The van der Waals surface area contributed by atoms with E-state index in [0.717, 1.165) is 24.2 Å². The Labute approximate surface area is 188 Å². The van der Waals surface area contributed by atoms with E-state index in [-0.39, 0.29) is 16.6 Å². The number of amides is 1. The molecule has 2 heterocycles. The minimum atomic E-state index is -0.535. The van der Waals surface area contributed by atoms with Gasteiger partial charge in [0.05, 0.1) is 38.0 Å². The molecule has 1 amide bonds. The Hall–Kier alpha value is -3.78. The highest BCUT2D eigenvalue weighted by atomic mass is 35.5. The van der Waals surface area contributed by atoms with E-state index < -0.39 is 4.92 Å². The van der Waals surface area contributed by atoms with Crippen LogP contribution in [0.1, 0.15) is 40.5 Å². The third-order valence-electron chi connectivity index (χ3n) is 5.49. The second kappa shape index (κ2) is 7.72. The number of halogens is 1. The summed E-state index contributed by atoms with van der Waals surface area (Å²) in [5.41, 5.74) is 3.62. The molecule has 0 bridgehead atoms. The first-order chi connectivity index (χ1) is 15.4. The minimum absolute atomic E-state index is 0.0944. The number of nitrogens with zero attached hydrogens (tertiary/aromatic N) is 4. The molecule has 0 saturated heterocycles. The Balaban J connectivity index is 1.61. The summed E-state index contributed by atoms with van der Waals surface area (Å²) in [7, 11) is 0. The van der Waals surface area contributed by atoms with Crippen LogP contribution < -0.4 is 5.32 Å². The van der Waals surface area contributed by atoms with Crippen LogP contribution in [0.4, 0.5) is 11.4 Å². The van der Waals surface area contributed by atoms with Gasteiger partial charge in [-0.15, -0.1) is 0 Å². The van der Waals surface area contributed by atoms with Gasteiger partial charge in [0.2, 0.25) is 0 Å². The topological polar surface area (TPSA) is 103 Å². The zero-order chi connectivity index (χ0) is 22.4. The summed E-state index contributed by atoms with van der Waals surface area (Å²) >= 11 is 6.18. The number of anilines is 1. The lowest BCUT2D eigenvalue weighted by molar-refractivity contribution is -0.384. The number of non-ortho nitro benzene ring substituents is 1. The van der Waals surface area contributed by atoms with Crippen LogP contribution in [0.15, 0.2) is 54.6 Å². The number of hydrogen-bond donors (Lipinski definition) is 1. The fourth-order valence-corrected chi connectivity index (χ4v) is 3.96. The molecule has 0 atom stereocenters. The lowest BCUT2D eigenvalue weighted by Crippen LogP contribution is -2.14. The third-order valence-corrected chi connectivity index (χ3v) is 5.80. The summed E-state index contributed by atoms with van der Waals surface area (Å²) in [4.78, 5) is 28.6. The summed E-state index contributed by atoms with van der Waals surface area (Å²) in [6.45, 7) is 1.84. The van der Waals surface area contributed by atoms with E-state index in [1.54, 1.807) is 4.68 Å². The van der Waals surface area contributed by atoms with E-state index in [0.29, 0.717) is 33.9 Å². The number of rotatable bonds is 5. The van der Waals surface area contributed by atoms with E-state index in [1.807, 2.05) is 43.3 Å². The van der Waals surface area contributed by atoms with Crippen molar-refractivity contribution in [1.82, 2.24) is 14.8 Å². The molecule has 2 aromatic carbocycles. The second-order valence-corrected chi connectivity index (χ2v) is 8.18. The number of aryl methyl sites for hydroxylation is 1. The number of fused-ring (bicyclic) bond motifs is 1. The normalized spacial score (nSPS) is 13.3. The summed E-state index contributed by atoms with van der Waals surface area (Å²) in [5, 5.41) is 19.2. The molecule has 2 aromatic heterocycles. The van der Waals surface area contributed by atoms with Crippen molar-refractivity contribution in [3.63, 3.8) is 0 Å². The van der Waals surface area contributed by atoms with E-state index in [9.17, 15) is 14.9 Å². The maximum atomic E-state index is 13.3. The SMILES string of the molecule is Cc1nn(-c2ccccc2)c2nc(C3CC3)cc(C(=O)Nc3ccc([N+](=O)[O-])cc3Cl)c12. The number of nitro groups is 1. The lowest BCUT2D eigenvalue weighted by atomic mass is 10.1. The van der Waals surface area contributed by atoms with Gasteiger partial charge in [0.15, 0.2) is 5.65 Å². The first-order valence-corrected chi connectivity index (χ1v) is 10.5. The van der Waals surface area contributed by atoms with E-state index >= 15 is 0 Å². The van der Waals surface area contributed by atoms with Gasteiger partial charge in [0.25, 0.3) is 11.6 Å². The largest absolute Gasteiger partial charge is 0.321 e. The molecule has 1 aliphatic carbocycles. The monoisotopic (exact) mass is 447 g/mol. The highest BCUT2D eigenvalue weighted by Crippen LogP contribution is 2.41. The zero-order valence-electron chi connectivity index (χ0n) is 17.1. The van der Waals surface area contributed by atoms with Gasteiger partial charge in [-0.3, -0.25) is 14.9 Å². The highest BCUT2D eigenvalue weighted by Gasteiger charge is 2.29. The van der Waals surface area contributed by atoms with Crippen LogP contribution in [-0.2, 0) is 0 Å². The summed E-state index contributed by atoms with van der Waals surface area (Å²) < 4.78 is 1.76. The molecule has 32 heavy (non-hydrogen) atoms. The molecule has 160 valence electrons. The standard InChI is InChI=1S/C23H18ClN5O3/c1-13-21-17(23(30)26-19-10-9-16(29(31)32)11-18(19)24)12-20(14-7-8-14)25-22(21)28(27-13)15-5-3-2-4-6-15/h2-6,9-12,14H,7-8H2,1H3,(H,26,30). The van der Waals surface area contributed by atoms with Gasteiger partial charge in [-0.1, -0.05) is 29.8 Å². The summed E-state index contributed by atoms with van der Waals surface area (Å²) in [6.07, 6.45) is 2.07. The molecule has 0 spiro atoms. The van der Waals surface area contributed by atoms with Crippen molar-refractivity contribution in [1.29, 1.82) is 0 Å². The number of hydrogen-bond acceptors (Lipinski definition) is 5. The van der Waals surface area contributed by atoms with Gasteiger partial charge in [-0.05, 0) is 44.0 Å². The molecule has 1 aliphatic rings. The molecule has 9 heteroatoms. The van der Waals surface area contributed by atoms with Crippen LogP contribution in [0.25, 0.3) is 16.7 Å². The Morgan fingerprint density at radius 1 is 1.19 bits per heavy atom. The number of benzene rings is 2. The van der Waals surface area contributed by atoms with Crippen LogP contribution >= 0.6 is 11.6 Å². The Kier molecular flexibility index (Phi) is 4.86. The first kappa shape index (κ1) is 20.1. The molecule has 0 aliphatic heterocycles. The fourth-order valence-electron chi connectivity index (χ4n) is 3.73. The molecule has 8 nitrogen and oxygen atoms in total. The maximum absolute atomic E-state index is 13.3. The molecule has 1 saturated carbocycles. The predicted octanol–water partition coefficient (Wildman–Crippen LogP) is 5.42. The van der Waals surface area contributed by atoms with E-state index in [4.69, 9.17) is 16.6 Å². The average molecular weight is 448 g/mol. The predicted molar refractivity (Wildman–Crippen MR) is 122 cm³/mol. The fraction of sp³-hybridized carbons (Fsp3) is 0.174. The van der Waals surface area contributed by atoms with E-state index in [1.165, 1.54) is 18.2 Å². The third kappa shape index (κ3) is 3.58. The van der Waals surface area contributed by atoms with Crippen LogP contribution in [0.2, 0.25) is 5.02 Å². The van der Waals surface area contributed by atoms with Gasteiger partial charge >= 0.3 is 0 Å². The molecule has 4 aromatic rings. The summed E-state index contributed by atoms with van der Waals surface area (Å²) in [5.74, 6) is -0.0425. The number of pyridine rings is 1. The zero-order valence-corrected chi connectivity index (χ0v) is 17.8. The molecular formula is C23H18ClN5O3. The number of carbonyl (C=O) groups is 1. The van der Waals surface area contributed by atoms with Gasteiger partial charge in [-0.25, -0.2) is 9.67 Å². The van der Waals surface area contributed by atoms with Gasteiger partial charge < -0.3 is 5.32 Å². The molecule has 0 radical (unpaired) electrons. The number of nitro benzene ring substituents is 1. The van der Waals surface area contributed by atoms with Crippen molar-refractivity contribution in [2.24, 2.45) is 0 Å². The smallest absolute Gasteiger partial charge is 0.271 e. The average Bonchev–Trinajstić information content (AvgIpc) is 3.59. The minimum Gasteiger partial charge on any atom is -0.321 e. The number of aromatic nitrogens is 3. The Morgan fingerprint density at radius 3 is 2.59 bits per heavy atom. The van der Waals surface area contributed by atoms with Crippen molar-refractivity contribution in [3.8, 4) is 5.69 Å². The van der Waals surface area contributed by atoms with Gasteiger partial charge in [-0.2, -0.15) is 5.10 Å². The van der Waals surface area contributed by atoms with Crippen molar-refractivity contribution in [2.75, 3.05) is 5.32 Å². The first-order valence-electron chi connectivity index (χ1n) is 10.1. The van der Waals surface area contributed by atoms with Gasteiger partial charge in [0.1, 0.15) is 0 Å². The van der Waals surface area contributed by atoms with Crippen molar-refractivity contribution in [3.05, 3.63) is 86.7 Å². The summed E-state index contributed by atoms with van der Waals surface area (Å²) in [6, 6.07) is 15.4. The Bertz CT molecular complexity index is 1380. The number of carbonyl (C=O) groups excluding carboxylic acids is 1. The molecule has 1 N–H and O–H groups in total. The van der Waals surface area contributed by atoms with Crippen molar-refractivity contribution in [2.45, 2.75) is 25.7 Å². The highest BCUT2D eigenvalue weighted by molar-refractivity contribution is 6.34. The second-order valence-electron chi connectivity index (χ2n) is 7.78. The molecule has 5 rings (SSSR count). The molecular weight excluding hydrogens is 430 g/mol. The van der Waals surface area contributed by atoms with Crippen LogP contribution in [-0.4, -0.2) is 25.6 Å². The van der Waals surface area contributed by atoms with Crippen LogP contribution in [0.3, 0.4) is 0 Å². The lowest BCUT2D eigenvalue weighted by Gasteiger charge is -2.10.